The minimum atomic E-state index is -0.880. The monoisotopic (exact) mass is 237 g/mol. The number of aromatic amines is 1. The van der Waals surface area contributed by atoms with Gasteiger partial charge in [0.2, 0.25) is 0 Å². The Labute approximate surface area is 95.7 Å². The Hall–Kier alpha value is -2.24. The number of carbonyl (C=O) groups excluding carboxylic acids is 1. The van der Waals surface area contributed by atoms with Gasteiger partial charge < -0.3 is 5.32 Å². The van der Waals surface area contributed by atoms with Gasteiger partial charge in [-0.15, -0.1) is 0 Å². The van der Waals surface area contributed by atoms with Crippen LogP contribution in [-0.2, 0) is 6.54 Å². The maximum Gasteiger partial charge on any atom is 0.254 e. The third-order valence-corrected chi connectivity index (χ3v) is 2.18. The number of carbonyl (C=O) groups is 1. The standard InChI is InChI=1S/C11H9F2N3O/c12-8-1-2-9(10(13)3-8)11(17)14-4-7-5-15-16-6-7/h1-3,5-6H,4H2,(H,14,17)(H,15,16). The number of nitrogens with one attached hydrogen (secondary N) is 2. The fourth-order valence-electron chi connectivity index (χ4n) is 1.33. The molecule has 0 aliphatic rings. The van der Waals surface area contributed by atoms with Gasteiger partial charge in [-0.05, 0) is 12.1 Å². The van der Waals surface area contributed by atoms with Crippen LogP contribution in [0.4, 0.5) is 8.78 Å². The van der Waals surface area contributed by atoms with E-state index in [1.807, 2.05) is 0 Å². The number of aromatic nitrogens is 2. The van der Waals surface area contributed by atoms with E-state index in [4.69, 9.17) is 0 Å². The Morgan fingerprint density at radius 2 is 2.24 bits per heavy atom. The van der Waals surface area contributed by atoms with E-state index < -0.39 is 17.5 Å². The highest BCUT2D eigenvalue weighted by atomic mass is 19.1. The number of hydrogen-bond donors (Lipinski definition) is 2. The van der Waals surface area contributed by atoms with Crippen LogP contribution >= 0.6 is 0 Å². The van der Waals surface area contributed by atoms with Gasteiger partial charge in [-0.3, -0.25) is 9.89 Å². The maximum absolute atomic E-state index is 13.2. The second-order valence-corrected chi connectivity index (χ2v) is 3.41. The minimum Gasteiger partial charge on any atom is -0.348 e. The number of H-pyrrole nitrogens is 1. The van der Waals surface area contributed by atoms with Crippen LogP contribution in [0.1, 0.15) is 15.9 Å². The summed E-state index contributed by atoms with van der Waals surface area (Å²) in [4.78, 5) is 11.6. The molecule has 0 unspecified atom stereocenters. The predicted molar refractivity (Wildman–Crippen MR) is 56.1 cm³/mol. The van der Waals surface area contributed by atoms with Crippen molar-refractivity contribution < 1.29 is 13.6 Å². The lowest BCUT2D eigenvalue weighted by atomic mass is 10.2. The van der Waals surface area contributed by atoms with Crippen molar-refractivity contribution in [3.8, 4) is 0 Å². The Morgan fingerprint density at radius 1 is 1.41 bits per heavy atom. The van der Waals surface area contributed by atoms with Gasteiger partial charge in [-0.25, -0.2) is 8.78 Å². The Kier molecular flexibility index (Phi) is 3.13. The highest BCUT2D eigenvalue weighted by Crippen LogP contribution is 2.09. The molecule has 0 saturated heterocycles. The number of amides is 1. The van der Waals surface area contributed by atoms with Crippen LogP contribution in [0, 0.1) is 11.6 Å². The van der Waals surface area contributed by atoms with Crippen molar-refractivity contribution in [3.63, 3.8) is 0 Å². The summed E-state index contributed by atoms with van der Waals surface area (Å²) in [6.07, 6.45) is 3.16. The van der Waals surface area contributed by atoms with E-state index in [-0.39, 0.29) is 12.1 Å². The Balaban J connectivity index is 2.04. The highest BCUT2D eigenvalue weighted by molar-refractivity contribution is 5.94. The quantitative estimate of drug-likeness (QED) is 0.852. The van der Waals surface area contributed by atoms with Crippen LogP contribution in [0.2, 0.25) is 0 Å². The lowest BCUT2D eigenvalue weighted by Crippen LogP contribution is -2.23. The predicted octanol–water partition coefficient (Wildman–Crippen LogP) is 1.62. The summed E-state index contributed by atoms with van der Waals surface area (Å²) in [5.74, 6) is -2.19. The first kappa shape index (κ1) is 11.3. The van der Waals surface area contributed by atoms with E-state index >= 15 is 0 Å². The van der Waals surface area contributed by atoms with Crippen molar-refractivity contribution in [1.29, 1.82) is 0 Å². The molecule has 0 bridgehead atoms. The van der Waals surface area contributed by atoms with E-state index in [2.05, 4.69) is 15.5 Å². The molecular formula is C11H9F2N3O. The second kappa shape index (κ2) is 4.73. The van der Waals surface area contributed by atoms with Gasteiger partial charge >= 0.3 is 0 Å². The number of halogens is 2. The molecule has 0 atom stereocenters. The molecule has 0 aliphatic heterocycles. The summed E-state index contributed by atoms with van der Waals surface area (Å²) >= 11 is 0. The lowest BCUT2D eigenvalue weighted by Gasteiger charge is -2.04. The molecule has 2 N–H and O–H groups in total. The summed E-state index contributed by atoms with van der Waals surface area (Å²) in [6, 6.07) is 2.82. The molecule has 6 heteroatoms. The smallest absolute Gasteiger partial charge is 0.254 e. The van der Waals surface area contributed by atoms with E-state index in [9.17, 15) is 13.6 Å². The molecule has 1 amide bonds. The zero-order valence-corrected chi connectivity index (χ0v) is 8.71. The first-order valence-electron chi connectivity index (χ1n) is 4.88. The first-order valence-corrected chi connectivity index (χ1v) is 4.88. The largest absolute Gasteiger partial charge is 0.348 e. The van der Waals surface area contributed by atoms with Crippen LogP contribution in [0.15, 0.2) is 30.6 Å². The first-order chi connectivity index (χ1) is 8.16. The SMILES string of the molecule is O=C(NCc1cn[nH]c1)c1ccc(F)cc1F. The molecule has 17 heavy (non-hydrogen) atoms. The van der Waals surface area contributed by atoms with Crippen LogP contribution in [-0.4, -0.2) is 16.1 Å². The molecule has 1 heterocycles. The molecule has 2 aromatic rings. The topological polar surface area (TPSA) is 57.8 Å². The molecule has 88 valence electrons. The average molecular weight is 237 g/mol. The Morgan fingerprint density at radius 3 is 2.88 bits per heavy atom. The maximum atomic E-state index is 13.2. The van der Waals surface area contributed by atoms with Crippen molar-refractivity contribution in [1.82, 2.24) is 15.5 Å². The molecule has 0 aliphatic carbocycles. The second-order valence-electron chi connectivity index (χ2n) is 3.41. The Bertz CT molecular complexity index is 526. The summed E-state index contributed by atoms with van der Waals surface area (Å²) in [5.41, 5.74) is 0.579. The van der Waals surface area contributed by atoms with Crippen molar-refractivity contribution >= 4 is 5.91 Å². The number of hydrogen-bond acceptors (Lipinski definition) is 2. The molecule has 0 fully saturated rings. The van der Waals surface area contributed by atoms with Crippen LogP contribution in [0.3, 0.4) is 0 Å². The normalized spacial score (nSPS) is 10.2. The fraction of sp³-hybridized carbons (Fsp3) is 0.0909. The molecule has 1 aromatic carbocycles. The van der Waals surface area contributed by atoms with Gasteiger partial charge in [0.1, 0.15) is 11.6 Å². The van der Waals surface area contributed by atoms with Gasteiger partial charge in [0, 0.05) is 24.4 Å². The van der Waals surface area contributed by atoms with Gasteiger partial charge in [-0.1, -0.05) is 0 Å². The van der Waals surface area contributed by atoms with Gasteiger partial charge in [0.15, 0.2) is 0 Å². The minimum absolute atomic E-state index is 0.185. The van der Waals surface area contributed by atoms with Crippen LogP contribution < -0.4 is 5.32 Å². The van der Waals surface area contributed by atoms with E-state index in [0.717, 1.165) is 17.7 Å². The van der Waals surface area contributed by atoms with Gasteiger partial charge in [-0.2, -0.15) is 5.10 Å². The summed E-state index contributed by atoms with van der Waals surface area (Å²) in [5, 5.41) is 8.79. The summed E-state index contributed by atoms with van der Waals surface area (Å²) in [6.45, 7) is 0.228. The molecule has 1 aromatic heterocycles. The summed E-state index contributed by atoms with van der Waals surface area (Å²) in [7, 11) is 0. The highest BCUT2D eigenvalue weighted by Gasteiger charge is 2.11. The van der Waals surface area contributed by atoms with Crippen molar-refractivity contribution in [2.24, 2.45) is 0 Å². The molecule has 2 rings (SSSR count). The molecule has 4 nitrogen and oxygen atoms in total. The molecule has 0 saturated carbocycles. The third kappa shape index (κ3) is 2.66. The zero-order chi connectivity index (χ0) is 12.3. The number of benzene rings is 1. The third-order valence-electron chi connectivity index (χ3n) is 2.18. The lowest BCUT2D eigenvalue weighted by molar-refractivity contribution is 0.0947. The molecule has 0 radical (unpaired) electrons. The van der Waals surface area contributed by atoms with Crippen LogP contribution in [0.25, 0.3) is 0 Å². The van der Waals surface area contributed by atoms with Gasteiger partial charge in [0.05, 0.1) is 11.8 Å². The molecular weight excluding hydrogens is 228 g/mol. The fourth-order valence-corrected chi connectivity index (χ4v) is 1.33. The average Bonchev–Trinajstić information content (AvgIpc) is 2.78. The van der Waals surface area contributed by atoms with E-state index in [1.165, 1.54) is 0 Å². The van der Waals surface area contributed by atoms with Gasteiger partial charge in [0.25, 0.3) is 5.91 Å². The van der Waals surface area contributed by atoms with E-state index in [1.54, 1.807) is 12.4 Å². The van der Waals surface area contributed by atoms with Crippen LogP contribution in [0.5, 0.6) is 0 Å². The summed E-state index contributed by atoms with van der Waals surface area (Å²) < 4.78 is 25.9. The number of rotatable bonds is 3. The zero-order valence-electron chi connectivity index (χ0n) is 8.71. The van der Waals surface area contributed by atoms with Crippen molar-refractivity contribution in [2.75, 3.05) is 0 Å². The van der Waals surface area contributed by atoms with Crippen molar-refractivity contribution in [3.05, 3.63) is 53.4 Å². The number of nitrogens with zero attached hydrogens (tertiary/aromatic N) is 1. The molecule has 0 spiro atoms. The van der Waals surface area contributed by atoms with E-state index in [0.29, 0.717) is 6.07 Å². The van der Waals surface area contributed by atoms with Crippen molar-refractivity contribution in [2.45, 2.75) is 6.54 Å².